The Hall–Kier alpha value is -2.70. The molecule has 0 saturated carbocycles. The second kappa shape index (κ2) is 5.83. The molecule has 0 spiro atoms. The Morgan fingerprint density at radius 2 is 2.00 bits per heavy atom. The Labute approximate surface area is 132 Å². The van der Waals surface area contributed by atoms with Crippen molar-refractivity contribution in [1.82, 2.24) is 5.01 Å². The number of hydrogen-bond acceptors (Lipinski definition) is 4. The molecular formula is C16H16N2O5. The van der Waals surface area contributed by atoms with Crippen molar-refractivity contribution >= 4 is 23.6 Å². The number of carbonyl (C=O) groups is 3. The summed E-state index contributed by atoms with van der Waals surface area (Å²) in [6.07, 6.45) is 2.08. The van der Waals surface area contributed by atoms with E-state index in [1.807, 2.05) is 24.3 Å². The van der Waals surface area contributed by atoms with Crippen LogP contribution in [-0.2, 0) is 20.8 Å². The minimum atomic E-state index is -1.28. The van der Waals surface area contributed by atoms with Gasteiger partial charge in [0, 0.05) is 11.5 Å². The van der Waals surface area contributed by atoms with Gasteiger partial charge < -0.3 is 10.2 Å². The minimum Gasteiger partial charge on any atom is -0.481 e. The van der Waals surface area contributed by atoms with Crippen LogP contribution in [0.2, 0.25) is 0 Å². The minimum absolute atomic E-state index is 0.506. The lowest BCUT2D eigenvalue weighted by Gasteiger charge is -2.32. The number of aliphatic carboxylic acids is 2. The zero-order chi connectivity index (χ0) is 16.6. The lowest BCUT2D eigenvalue weighted by Crippen LogP contribution is -2.49. The molecule has 1 aromatic carbocycles. The first-order chi connectivity index (χ1) is 11.0. The summed E-state index contributed by atoms with van der Waals surface area (Å²) in [4.78, 5) is 34.9. The number of benzene rings is 1. The SMILES string of the molecule is O=C(O)CN1N=C2c3ccccc3CCCC2C(C(=O)O)C1=O. The normalized spacial score (nSPS) is 23.4. The van der Waals surface area contributed by atoms with Crippen LogP contribution in [0.15, 0.2) is 29.4 Å². The fourth-order valence-corrected chi connectivity index (χ4v) is 3.32. The van der Waals surface area contributed by atoms with Crippen molar-refractivity contribution in [2.45, 2.75) is 19.3 Å². The first-order valence-corrected chi connectivity index (χ1v) is 7.42. The standard InChI is InChI=1S/C16H16N2O5/c19-12(20)8-18-15(21)13(16(22)23)11-7-3-5-9-4-1-2-6-10(9)14(11)17-18/h1-2,4,6,11,13H,3,5,7-8H2,(H,19,20)(H,22,23). The van der Waals surface area contributed by atoms with E-state index < -0.39 is 36.2 Å². The van der Waals surface area contributed by atoms with Gasteiger partial charge in [-0.15, -0.1) is 0 Å². The molecule has 120 valence electrons. The first-order valence-electron chi connectivity index (χ1n) is 7.42. The Bertz CT molecular complexity index is 712. The molecule has 0 aromatic heterocycles. The average molecular weight is 316 g/mol. The van der Waals surface area contributed by atoms with E-state index in [0.29, 0.717) is 12.1 Å². The van der Waals surface area contributed by atoms with Gasteiger partial charge in [0.05, 0.1) is 5.71 Å². The van der Waals surface area contributed by atoms with Crippen LogP contribution in [0.25, 0.3) is 0 Å². The van der Waals surface area contributed by atoms with Gasteiger partial charge in [-0.1, -0.05) is 24.3 Å². The van der Waals surface area contributed by atoms with E-state index >= 15 is 0 Å². The molecule has 2 atom stereocenters. The molecule has 1 aliphatic carbocycles. The molecule has 0 fully saturated rings. The molecule has 3 rings (SSSR count). The summed E-state index contributed by atoms with van der Waals surface area (Å²) in [6, 6.07) is 7.53. The van der Waals surface area contributed by atoms with Crippen LogP contribution in [0.4, 0.5) is 0 Å². The maximum atomic E-state index is 12.4. The van der Waals surface area contributed by atoms with Gasteiger partial charge in [-0.05, 0) is 24.8 Å². The highest BCUT2D eigenvalue weighted by Crippen LogP contribution is 2.34. The number of hydrogen-bond donors (Lipinski definition) is 2. The summed E-state index contributed by atoms with van der Waals surface area (Å²) in [5, 5.41) is 23.4. The van der Waals surface area contributed by atoms with E-state index in [1.54, 1.807) is 0 Å². The smallest absolute Gasteiger partial charge is 0.325 e. The molecule has 0 saturated heterocycles. The molecule has 7 heteroatoms. The lowest BCUT2D eigenvalue weighted by atomic mass is 9.81. The van der Waals surface area contributed by atoms with Crippen LogP contribution in [-0.4, -0.2) is 45.3 Å². The number of carboxylic acid groups (broad SMARTS) is 2. The third-order valence-electron chi connectivity index (χ3n) is 4.31. The third-order valence-corrected chi connectivity index (χ3v) is 4.31. The quantitative estimate of drug-likeness (QED) is 0.808. The van der Waals surface area contributed by atoms with Gasteiger partial charge in [0.15, 0.2) is 0 Å². The van der Waals surface area contributed by atoms with E-state index in [4.69, 9.17) is 5.11 Å². The summed E-state index contributed by atoms with van der Waals surface area (Å²) in [5.74, 6) is -5.02. The summed E-state index contributed by atoms with van der Waals surface area (Å²) in [6.45, 7) is -0.638. The molecule has 2 N–H and O–H groups in total. The monoisotopic (exact) mass is 316 g/mol. The average Bonchev–Trinajstić information content (AvgIpc) is 2.66. The number of fused-ring (bicyclic) bond motifs is 3. The Kier molecular flexibility index (Phi) is 3.85. The van der Waals surface area contributed by atoms with Gasteiger partial charge in [-0.2, -0.15) is 5.10 Å². The molecule has 1 aliphatic heterocycles. The summed E-state index contributed by atoms with van der Waals surface area (Å²) >= 11 is 0. The van der Waals surface area contributed by atoms with Crippen molar-refractivity contribution < 1.29 is 24.6 Å². The van der Waals surface area contributed by atoms with E-state index in [2.05, 4.69) is 5.10 Å². The molecule has 0 radical (unpaired) electrons. The summed E-state index contributed by atoms with van der Waals surface area (Å²) in [5.41, 5.74) is 2.36. The molecule has 7 nitrogen and oxygen atoms in total. The molecule has 2 aliphatic rings. The Balaban J connectivity index is 2.13. The maximum absolute atomic E-state index is 12.4. The predicted molar refractivity (Wildman–Crippen MR) is 79.9 cm³/mol. The maximum Gasteiger partial charge on any atom is 0.325 e. The van der Waals surface area contributed by atoms with Crippen molar-refractivity contribution in [3.8, 4) is 0 Å². The van der Waals surface area contributed by atoms with Crippen molar-refractivity contribution in [2.75, 3.05) is 6.54 Å². The van der Waals surface area contributed by atoms with Gasteiger partial charge in [0.2, 0.25) is 0 Å². The van der Waals surface area contributed by atoms with E-state index in [9.17, 15) is 19.5 Å². The lowest BCUT2D eigenvalue weighted by molar-refractivity contribution is -0.157. The molecule has 1 amide bonds. The third kappa shape index (κ3) is 2.69. The number of aryl methyl sites for hydroxylation is 1. The molecule has 0 bridgehead atoms. The van der Waals surface area contributed by atoms with Crippen molar-refractivity contribution in [3.05, 3.63) is 35.4 Å². The van der Waals surface area contributed by atoms with Crippen LogP contribution in [0, 0.1) is 11.8 Å². The Morgan fingerprint density at radius 3 is 2.70 bits per heavy atom. The molecule has 1 aromatic rings. The first kappa shape index (κ1) is 15.2. The second-order valence-electron chi connectivity index (χ2n) is 5.75. The number of carboxylic acids is 2. The van der Waals surface area contributed by atoms with Crippen molar-refractivity contribution in [3.63, 3.8) is 0 Å². The van der Waals surface area contributed by atoms with Crippen molar-refractivity contribution in [2.24, 2.45) is 16.9 Å². The number of amides is 1. The second-order valence-corrected chi connectivity index (χ2v) is 5.75. The van der Waals surface area contributed by atoms with Crippen LogP contribution in [0.1, 0.15) is 24.0 Å². The highest BCUT2D eigenvalue weighted by atomic mass is 16.4. The Morgan fingerprint density at radius 1 is 1.26 bits per heavy atom. The number of nitrogens with zero attached hydrogens (tertiary/aromatic N) is 2. The zero-order valence-electron chi connectivity index (χ0n) is 12.3. The van der Waals surface area contributed by atoms with Crippen LogP contribution in [0.3, 0.4) is 0 Å². The van der Waals surface area contributed by atoms with Crippen molar-refractivity contribution in [1.29, 1.82) is 0 Å². The molecule has 1 heterocycles. The molecule has 2 unspecified atom stereocenters. The summed E-state index contributed by atoms with van der Waals surface area (Å²) < 4.78 is 0. The van der Waals surface area contributed by atoms with Crippen LogP contribution < -0.4 is 0 Å². The number of carbonyl (C=O) groups excluding carboxylic acids is 1. The van der Waals surface area contributed by atoms with Crippen LogP contribution >= 0.6 is 0 Å². The topological polar surface area (TPSA) is 107 Å². The number of rotatable bonds is 3. The van der Waals surface area contributed by atoms with Gasteiger partial charge >= 0.3 is 11.9 Å². The number of hydrazone groups is 1. The fraction of sp³-hybridized carbons (Fsp3) is 0.375. The van der Waals surface area contributed by atoms with Gasteiger partial charge in [0.1, 0.15) is 12.5 Å². The van der Waals surface area contributed by atoms with E-state index in [1.165, 1.54) is 0 Å². The zero-order valence-corrected chi connectivity index (χ0v) is 12.3. The van der Waals surface area contributed by atoms with Gasteiger partial charge in [-0.3, -0.25) is 14.4 Å². The highest BCUT2D eigenvalue weighted by Gasteiger charge is 2.45. The molecular weight excluding hydrogens is 300 g/mol. The van der Waals surface area contributed by atoms with E-state index in [0.717, 1.165) is 29.0 Å². The fourth-order valence-electron chi connectivity index (χ4n) is 3.32. The largest absolute Gasteiger partial charge is 0.481 e. The predicted octanol–water partition coefficient (Wildman–Crippen LogP) is 0.971. The van der Waals surface area contributed by atoms with Crippen LogP contribution in [0.5, 0.6) is 0 Å². The van der Waals surface area contributed by atoms with E-state index in [-0.39, 0.29) is 0 Å². The summed E-state index contributed by atoms with van der Waals surface area (Å²) in [7, 11) is 0. The van der Waals surface area contributed by atoms with Gasteiger partial charge in [0.25, 0.3) is 5.91 Å². The van der Waals surface area contributed by atoms with Gasteiger partial charge in [-0.25, -0.2) is 5.01 Å². The molecule has 23 heavy (non-hydrogen) atoms. The highest BCUT2D eigenvalue weighted by molar-refractivity contribution is 6.12.